The van der Waals surface area contributed by atoms with Gasteiger partial charge in [0.05, 0.1) is 18.3 Å². The molecule has 2 aromatic heterocycles. The van der Waals surface area contributed by atoms with Crippen molar-refractivity contribution in [2.24, 2.45) is 7.05 Å². The maximum atomic E-state index is 3.85. The predicted octanol–water partition coefficient (Wildman–Crippen LogP) is 7.32. The molecule has 6 aromatic rings. The minimum atomic E-state index is 0. The second-order valence-corrected chi connectivity index (χ2v) is 11.3. The Kier molecular flexibility index (Phi) is 6.33. The molecule has 2 aliphatic heterocycles. The van der Waals surface area contributed by atoms with Crippen molar-refractivity contribution in [3.8, 4) is 11.4 Å². The summed E-state index contributed by atoms with van der Waals surface area (Å²) in [4.78, 5) is 6.70. The number of hydrogen-bond donors (Lipinski definition) is 0. The number of allylic oxidation sites excluding steroid dienone is 2. The van der Waals surface area contributed by atoms with Gasteiger partial charge in [-0.05, 0) is 63.9 Å². The Morgan fingerprint density at radius 3 is 2.21 bits per heavy atom. The van der Waals surface area contributed by atoms with Gasteiger partial charge in [-0.1, -0.05) is 41.7 Å². The number of rotatable bonds is 3. The molecule has 0 amide bonds. The number of imidazole rings is 1. The van der Waals surface area contributed by atoms with Crippen LogP contribution < -0.4 is 14.4 Å². The summed E-state index contributed by atoms with van der Waals surface area (Å²) in [6.45, 7) is 10.7. The number of aromatic nitrogens is 3. The van der Waals surface area contributed by atoms with Crippen LogP contribution in [0.15, 0.2) is 84.2 Å². The Bertz CT molecular complexity index is 2120. The van der Waals surface area contributed by atoms with Crippen molar-refractivity contribution < 1.29 is 25.6 Å². The Balaban J connectivity index is 0.00000300. The normalized spacial score (nSPS) is 14.2. The quantitative estimate of drug-likeness (QED) is 0.140. The molecule has 0 aliphatic carbocycles. The van der Waals surface area contributed by atoms with Gasteiger partial charge in [-0.2, -0.15) is 24.9 Å². The Hall–Kier alpha value is -4.28. The number of para-hydroxylation sites is 2. The van der Waals surface area contributed by atoms with Crippen molar-refractivity contribution in [3.05, 3.63) is 121 Å². The number of aryl methyl sites for hydroxylation is 1. The molecule has 0 saturated carbocycles. The summed E-state index contributed by atoms with van der Waals surface area (Å²) in [5.41, 5.74) is 13.2. The van der Waals surface area contributed by atoms with Gasteiger partial charge in [-0.3, -0.25) is 0 Å². The summed E-state index contributed by atoms with van der Waals surface area (Å²) >= 11 is 0. The SMILES string of the molecule is CC1=C(C)N(c2[c-]c3c(cc2)-n2c4ccccc4c4cccc(c42)N3c2[c-]c(-n3[c-][n+](C)c(C)c3C)ccc2)[CH-]N1C.[Pt+4]. The van der Waals surface area contributed by atoms with Crippen LogP contribution in [0.5, 0.6) is 0 Å². The zero-order chi connectivity index (χ0) is 28.9. The van der Waals surface area contributed by atoms with Gasteiger partial charge in [0.1, 0.15) is 0 Å². The Labute approximate surface area is 266 Å². The Morgan fingerprint density at radius 2 is 1.47 bits per heavy atom. The predicted molar refractivity (Wildman–Crippen MR) is 168 cm³/mol. The third kappa shape index (κ3) is 3.86. The van der Waals surface area contributed by atoms with Crippen LogP contribution in [-0.4, -0.2) is 21.1 Å². The second kappa shape index (κ2) is 9.89. The molecule has 4 aromatic carbocycles. The minimum Gasteiger partial charge on any atom is -0.508 e. The molecule has 0 N–H and O–H groups in total. The molecule has 214 valence electrons. The molecule has 4 heterocycles. The molecule has 6 nitrogen and oxygen atoms in total. The van der Waals surface area contributed by atoms with Crippen molar-refractivity contribution in [2.75, 3.05) is 16.8 Å². The fourth-order valence-corrected chi connectivity index (χ4v) is 6.42. The molecule has 0 radical (unpaired) electrons. The van der Waals surface area contributed by atoms with Crippen molar-refractivity contribution in [1.29, 1.82) is 0 Å². The van der Waals surface area contributed by atoms with Crippen LogP contribution in [0.2, 0.25) is 0 Å². The summed E-state index contributed by atoms with van der Waals surface area (Å²) < 4.78 is 6.52. The maximum absolute atomic E-state index is 3.85. The molecular formula is C36H31N6Pt+. The first kappa shape index (κ1) is 27.5. The standard InChI is InChI=1S/C36H31N6.Pt/c1-23-25(3)39(21-37(23)5)27-11-9-12-29(19-27)41-34-16-10-14-31-30-13-7-8-15-32(30)42(36(31)34)33-18-17-28(20-35(33)41)40-22-38(6)24(2)26(40)4;/h7-18,22H,1-6H3;/q-3;+4. The van der Waals surface area contributed by atoms with Gasteiger partial charge >= 0.3 is 21.1 Å². The van der Waals surface area contributed by atoms with E-state index in [9.17, 15) is 0 Å². The molecule has 0 saturated heterocycles. The molecule has 0 atom stereocenters. The summed E-state index contributed by atoms with van der Waals surface area (Å²) in [7, 11) is 4.12. The first-order valence-electron chi connectivity index (χ1n) is 14.3. The van der Waals surface area contributed by atoms with Crippen molar-refractivity contribution in [1.82, 2.24) is 14.0 Å². The topological polar surface area (TPSA) is 23.5 Å². The summed E-state index contributed by atoms with van der Waals surface area (Å²) in [5, 5.41) is 2.48. The first-order valence-corrected chi connectivity index (χ1v) is 14.3. The van der Waals surface area contributed by atoms with Crippen molar-refractivity contribution in [3.63, 3.8) is 0 Å². The van der Waals surface area contributed by atoms with E-state index in [0.29, 0.717) is 0 Å². The fraction of sp³-hybridized carbons (Fsp3) is 0.167. The zero-order valence-corrected chi connectivity index (χ0v) is 27.3. The zero-order valence-electron chi connectivity index (χ0n) is 25.0. The molecule has 0 unspecified atom stereocenters. The van der Waals surface area contributed by atoms with E-state index < -0.39 is 0 Å². The summed E-state index contributed by atoms with van der Waals surface area (Å²) in [6, 6.07) is 33.6. The van der Waals surface area contributed by atoms with Crippen LogP contribution in [0.3, 0.4) is 0 Å². The molecule has 0 bridgehead atoms. The van der Waals surface area contributed by atoms with E-state index >= 15 is 0 Å². The largest absolute Gasteiger partial charge is 4.00 e. The molecular weight excluding hydrogens is 712 g/mol. The molecule has 0 spiro atoms. The average Bonchev–Trinajstić information content (AvgIpc) is 3.59. The third-order valence-corrected chi connectivity index (χ3v) is 9.09. The number of hydrogen-bond acceptors (Lipinski definition) is 3. The summed E-state index contributed by atoms with van der Waals surface area (Å²) in [5.74, 6) is 0. The van der Waals surface area contributed by atoms with Gasteiger partial charge in [0.25, 0.3) is 0 Å². The molecule has 7 heteroatoms. The van der Waals surface area contributed by atoms with Crippen LogP contribution in [0.1, 0.15) is 25.2 Å². The second-order valence-electron chi connectivity index (χ2n) is 11.3. The average molecular weight is 743 g/mol. The fourth-order valence-electron chi connectivity index (χ4n) is 6.42. The van der Waals surface area contributed by atoms with E-state index in [-0.39, 0.29) is 21.1 Å². The Morgan fingerprint density at radius 1 is 0.721 bits per heavy atom. The molecule has 2 aliphatic rings. The smallest absolute Gasteiger partial charge is 0.508 e. The monoisotopic (exact) mass is 742 g/mol. The number of fused-ring (bicyclic) bond motifs is 5. The van der Waals surface area contributed by atoms with Crippen LogP contribution in [0, 0.1) is 39.0 Å². The maximum Gasteiger partial charge on any atom is 4.00 e. The van der Waals surface area contributed by atoms with Crippen LogP contribution >= 0.6 is 0 Å². The van der Waals surface area contributed by atoms with Gasteiger partial charge < -0.3 is 28.4 Å². The number of benzene rings is 4. The number of anilines is 4. The van der Waals surface area contributed by atoms with E-state index in [1.165, 1.54) is 38.9 Å². The van der Waals surface area contributed by atoms with Crippen molar-refractivity contribution >= 4 is 44.6 Å². The van der Waals surface area contributed by atoms with Gasteiger partial charge in [-0.25, -0.2) is 0 Å². The van der Waals surface area contributed by atoms with Gasteiger partial charge in [0, 0.05) is 33.4 Å². The number of nitrogens with zero attached hydrogens (tertiary/aromatic N) is 6. The van der Waals surface area contributed by atoms with Gasteiger partial charge in [0.2, 0.25) is 6.33 Å². The van der Waals surface area contributed by atoms with E-state index in [1.807, 2.05) is 11.6 Å². The van der Waals surface area contributed by atoms with E-state index in [2.05, 4.69) is 157 Å². The van der Waals surface area contributed by atoms with E-state index in [0.717, 1.165) is 39.8 Å². The van der Waals surface area contributed by atoms with E-state index in [1.54, 1.807) is 0 Å². The van der Waals surface area contributed by atoms with Crippen LogP contribution in [0.25, 0.3) is 33.2 Å². The van der Waals surface area contributed by atoms with Gasteiger partial charge in [-0.15, -0.1) is 30.0 Å². The van der Waals surface area contributed by atoms with Crippen molar-refractivity contribution in [2.45, 2.75) is 27.7 Å². The minimum absolute atomic E-state index is 0. The third-order valence-electron chi connectivity index (χ3n) is 9.09. The molecule has 0 fully saturated rings. The first-order chi connectivity index (χ1) is 20.3. The van der Waals surface area contributed by atoms with Crippen LogP contribution in [0.4, 0.5) is 22.7 Å². The molecule has 8 rings (SSSR count). The van der Waals surface area contributed by atoms with E-state index in [4.69, 9.17) is 0 Å². The summed E-state index contributed by atoms with van der Waals surface area (Å²) in [6.07, 6.45) is 3.44. The van der Waals surface area contributed by atoms with Crippen LogP contribution in [-0.2, 0) is 28.1 Å². The van der Waals surface area contributed by atoms with Gasteiger partial charge in [0.15, 0.2) is 0 Å². The molecule has 43 heavy (non-hydrogen) atoms.